The number of nitrogens with one attached hydrogen (secondary N) is 1. The van der Waals surface area contributed by atoms with Gasteiger partial charge in [-0.1, -0.05) is 18.2 Å². The number of nitrogens with zero attached hydrogens (tertiary/aromatic N) is 1. The van der Waals surface area contributed by atoms with E-state index in [1.54, 1.807) is 24.3 Å². The van der Waals surface area contributed by atoms with Crippen molar-refractivity contribution in [2.75, 3.05) is 5.32 Å². The van der Waals surface area contributed by atoms with Gasteiger partial charge in [-0.25, -0.2) is 0 Å². The molecule has 5 nitrogen and oxygen atoms in total. The summed E-state index contributed by atoms with van der Waals surface area (Å²) in [5.74, 6) is -2.89. The summed E-state index contributed by atoms with van der Waals surface area (Å²) >= 11 is 0. The lowest BCUT2D eigenvalue weighted by atomic mass is 10.0. The third-order valence-electron chi connectivity index (χ3n) is 3.18. The number of hydrogen-bond acceptors (Lipinski definition) is 4. The van der Waals surface area contributed by atoms with Crippen LogP contribution >= 0.6 is 0 Å². The summed E-state index contributed by atoms with van der Waals surface area (Å²) in [6, 6.07) is 10.2. The first-order chi connectivity index (χ1) is 9.68. The van der Waals surface area contributed by atoms with Gasteiger partial charge in [0.15, 0.2) is 17.5 Å². The zero-order valence-electron chi connectivity index (χ0n) is 10.4. The molecule has 3 rings (SSSR count). The van der Waals surface area contributed by atoms with Gasteiger partial charge in [-0.3, -0.25) is 19.4 Å². The van der Waals surface area contributed by atoms with Crippen molar-refractivity contribution in [1.82, 2.24) is 4.98 Å². The minimum Gasteiger partial charge on any atom is -0.325 e. The molecule has 0 saturated carbocycles. The van der Waals surface area contributed by atoms with E-state index >= 15 is 0 Å². The van der Waals surface area contributed by atoms with Crippen LogP contribution in [0.15, 0.2) is 48.8 Å². The number of carbonyl (C=O) groups is 3. The Labute approximate surface area is 114 Å². The number of amides is 1. The van der Waals surface area contributed by atoms with Gasteiger partial charge in [0.05, 0.1) is 0 Å². The van der Waals surface area contributed by atoms with Crippen molar-refractivity contribution in [2.24, 2.45) is 5.92 Å². The highest BCUT2D eigenvalue weighted by molar-refractivity contribution is 6.36. The highest BCUT2D eigenvalue weighted by Gasteiger charge is 2.43. The molecule has 0 saturated heterocycles. The van der Waals surface area contributed by atoms with Crippen LogP contribution in [0.2, 0.25) is 0 Å². The molecule has 1 heterocycles. The molecule has 5 heteroatoms. The number of para-hydroxylation sites is 1. The fraction of sp³-hybridized carbons (Fsp3) is 0.0667. The van der Waals surface area contributed by atoms with Crippen LogP contribution in [-0.2, 0) is 4.79 Å². The van der Waals surface area contributed by atoms with Crippen LogP contribution in [0.1, 0.15) is 20.7 Å². The van der Waals surface area contributed by atoms with Gasteiger partial charge in [0.2, 0.25) is 5.91 Å². The predicted molar refractivity (Wildman–Crippen MR) is 71.5 cm³/mol. The lowest BCUT2D eigenvalue weighted by molar-refractivity contribution is -0.117. The molecule has 0 spiro atoms. The number of fused-ring (bicyclic) bond motifs is 1. The van der Waals surface area contributed by atoms with Crippen molar-refractivity contribution in [1.29, 1.82) is 0 Å². The number of hydrogen-bond donors (Lipinski definition) is 1. The Hall–Kier alpha value is -2.82. The number of carbonyl (C=O) groups excluding carboxylic acids is 3. The number of benzene rings is 1. The summed E-state index contributed by atoms with van der Waals surface area (Å²) in [6.45, 7) is 0. The van der Waals surface area contributed by atoms with E-state index < -0.39 is 23.4 Å². The Kier molecular flexibility index (Phi) is 2.87. The Balaban J connectivity index is 1.88. The molecule has 0 bridgehead atoms. The van der Waals surface area contributed by atoms with Gasteiger partial charge in [-0.15, -0.1) is 0 Å². The molecule has 98 valence electrons. The minimum absolute atomic E-state index is 0.214. The number of ketones is 2. The van der Waals surface area contributed by atoms with Gasteiger partial charge < -0.3 is 5.32 Å². The van der Waals surface area contributed by atoms with Crippen molar-refractivity contribution in [3.05, 3.63) is 59.9 Å². The maximum Gasteiger partial charge on any atom is 0.243 e. The van der Waals surface area contributed by atoms with Gasteiger partial charge in [0, 0.05) is 29.2 Å². The summed E-state index contributed by atoms with van der Waals surface area (Å²) < 4.78 is 0. The van der Waals surface area contributed by atoms with Crippen LogP contribution < -0.4 is 5.32 Å². The molecule has 1 aliphatic rings. The molecule has 0 fully saturated rings. The normalized spacial score (nSPS) is 16.9. The molecular weight excluding hydrogens is 256 g/mol. The summed E-state index contributed by atoms with van der Waals surface area (Å²) in [6.07, 6.45) is 2.76. The second-order valence-corrected chi connectivity index (χ2v) is 4.44. The highest BCUT2D eigenvalue weighted by Crippen LogP contribution is 2.26. The second-order valence-electron chi connectivity index (χ2n) is 4.44. The number of Topliss-reactive ketones (excluding diaryl/α,β-unsaturated/α-hetero) is 2. The zero-order chi connectivity index (χ0) is 14.1. The van der Waals surface area contributed by atoms with Crippen LogP contribution in [-0.4, -0.2) is 22.5 Å². The van der Waals surface area contributed by atoms with E-state index in [1.165, 1.54) is 18.5 Å². The van der Waals surface area contributed by atoms with Crippen molar-refractivity contribution in [2.45, 2.75) is 0 Å². The molecular formula is C15H10N2O3. The summed E-state index contributed by atoms with van der Waals surface area (Å²) in [4.78, 5) is 40.2. The SMILES string of the molecule is O=C(Nc1ccccc1)C1C(=O)c2ccncc2C1=O. The van der Waals surface area contributed by atoms with Crippen LogP contribution in [0.25, 0.3) is 0 Å². The number of anilines is 1. The average molecular weight is 266 g/mol. The lowest BCUT2D eigenvalue weighted by Crippen LogP contribution is -2.31. The van der Waals surface area contributed by atoms with E-state index in [2.05, 4.69) is 10.3 Å². The Morgan fingerprint density at radius 1 is 1.00 bits per heavy atom. The van der Waals surface area contributed by atoms with Gasteiger partial charge >= 0.3 is 0 Å². The minimum atomic E-state index is -1.31. The van der Waals surface area contributed by atoms with Crippen LogP contribution in [0, 0.1) is 5.92 Å². The third-order valence-corrected chi connectivity index (χ3v) is 3.18. The molecule has 0 radical (unpaired) electrons. The van der Waals surface area contributed by atoms with Gasteiger partial charge in [-0.05, 0) is 18.2 Å². The van der Waals surface area contributed by atoms with Crippen LogP contribution in [0.3, 0.4) is 0 Å². The van der Waals surface area contributed by atoms with Crippen molar-refractivity contribution in [3.63, 3.8) is 0 Å². The van der Waals surface area contributed by atoms with Crippen molar-refractivity contribution in [3.8, 4) is 0 Å². The fourth-order valence-electron chi connectivity index (χ4n) is 2.21. The third kappa shape index (κ3) is 1.89. The van der Waals surface area contributed by atoms with E-state index in [-0.39, 0.29) is 11.1 Å². The van der Waals surface area contributed by atoms with E-state index in [0.717, 1.165) is 0 Å². The van der Waals surface area contributed by atoms with Crippen molar-refractivity contribution >= 4 is 23.2 Å². The highest BCUT2D eigenvalue weighted by atomic mass is 16.2. The van der Waals surface area contributed by atoms with E-state index in [1.807, 2.05) is 6.07 Å². The molecule has 1 N–H and O–H groups in total. The maximum absolute atomic E-state index is 12.1. The van der Waals surface area contributed by atoms with Gasteiger partial charge in [-0.2, -0.15) is 0 Å². The molecule has 1 atom stereocenters. The second kappa shape index (κ2) is 4.70. The topological polar surface area (TPSA) is 76.1 Å². The lowest BCUT2D eigenvalue weighted by Gasteiger charge is -2.08. The van der Waals surface area contributed by atoms with Crippen molar-refractivity contribution < 1.29 is 14.4 Å². The molecule has 1 aromatic heterocycles. The number of pyridine rings is 1. The van der Waals surface area contributed by atoms with E-state index in [9.17, 15) is 14.4 Å². The quantitative estimate of drug-likeness (QED) is 0.839. The molecule has 20 heavy (non-hydrogen) atoms. The monoisotopic (exact) mass is 266 g/mol. The standard InChI is InChI=1S/C15H10N2O3/c18-13-10-6-7-16-8-11(10)14(19)12(13)15(20)17-9-4-2-1-3-5-9/h1-8,12H,(H,17,20). The first-order valence-electron chi connectivity index (χ1n) is 6.07. The van der Waals surface area contributed by atoms with E-state index in [0.29, 0.717) is 5.69 Å². The summed E-state index contributed by atoms with van der Waals surface area (Å²) in [5.41, 5.74) is 1.02. The van der Waals surface area contributed by atoms with Gasteiger partial charge in [0.25, 0.3) is 0 Å². The predicted octanol–water partition coefficient (Wildman–Crippen LogP) is 1.72. The Morgan fingerprint density at radius 2 is 1.70 bits per heavy atom. The van der Waals surface area contributed by atoms with Crippen LogP contribution in [0.4, 0.5) is 5.69 Å². The summed E-state index contributed by atoms with van der Waals surface area (Å²) in [5, 5.41) is 2.58. The molecule has 1 amide bonds. The fourth-order valence-corrected chi connectivity index (χ4v) is 2.21. The van der Waals surface area contributed by atoms with Crippen LogP contribution in [0.5, 0.6) is 0 Å². The Bertz CT molecular complexity index is 675. The smallest absolute Gasteiger partial charge is 0.243 e. The first kappa shape index (κ1) is 12.2. The Morgan fingerprint density at radius 3 is 2.40 bits per heavy atom. The molecule has 1 aliphatic carbocycles. The number of rotatable bonds is 2. The first-order valence-corrected chi connectivity index (χ1v) is 6.07. The maximum atomic E-state index is 12.1. The largest absolute Gasteiger partial charge is 0.325 e. The molecule has 1 unspecified atom stereocenters. The van der Waals surface area contributed by atoms with E-state index in [4.69, 9.17) is 0 Å². The average Bonchev–Trinajstić information content (AvgIpc) is 2.72. The zero-order valence-corrected chi connectivity index (χ0v) is 10.4. The van der Waals surface area contributed by atoms with Gasteiger partial charge in [0.1, 0.15) is 0 Å². The number of aromatic nitrogens is 1. The molecule has 0 aliphatic heterocycles. The molecule has 1 aromatic carbocycles. The molecule has 2 aromatic rings. The summed E-state index contributed by atoms with van der Waals surface area (Å²) in [7, 11) is 0.